The first-order valence-corrected chi connectivity index (χ1v) is 3.88. The number of ether oxygens (including phenoxy) is 1. The third-order valence-corrected chi connectivity index (χ3v) is 2.38. The maximum absolute atomic E-state index is 11.3. The molecule has 0 saturated carbocycles. The maximum Gasteiger partial charge on any atom is 0.317 e. The fourth-order valence-electron chi connectivity index (χ4n) is 1.47. The van der Waals surface area contributed by atoms with Crippen molar-refractivity contribution in [2.75, 3.05) is 20.7 Å². The normalized spacial score (nSPS) is 30.8. The van der Waals surface area contributed by atoms with Crippen LogP contribution in [-0.4, -0.2) is 43.4 Å². The van der Waals surface area contributed by atoms with Crippen LogP contribution < -0.4 is 0 Å². The summed E-state index contributed by atoms with van der Waals surface area (Å²) < 4.78 is 4.54. The number of carbonyl (C=O) groups is 2. The summed E-state index contributed by atoms with van der Waals surface area (Å²) in [7, 11) is 3.13. The van der Waals surface area contributed by atoms with E-state index in [9.17, 15) is 9.59 Å². The number of nitrogens with zero attached hydrogens (tertiary/aromatic N) is 1. The van der Waals surface area contributed by atoms with E-state index in [0.29, 0.717) is 6.54 Å². The van der Waals surface area contributed by atoms with Crippen LogP contribution in [0.2, 0.25) is 0 Å². The molecule has 12 heavy (non-hydrogen) atoms. The van der Waals surface area contributed by atoms with Crippen LogP contribution in [0.25, 0.3) is 0 Å². The van der Waals surface area contributed by atoms with Crippen LogP contribution in [-0.2, 0) is 14.3 Å². The average Bonchev–Trinajstić information content (AvgIpc) is 2.26. The summed E-state index contributed by atoms with van der Waals surface area (Å²) in [6, 6.07) is -0.0371. The molecule has 0 aromatic carbocycles. The second-order valence-electron chi connectivity index (χ2n) is 3.12. The van der Waals surface area contributed by atoms with Gasteiger partial charge in [-0.3, -0.25) is 14.5 Å². The highest BCUT2D eigenvalue weighted by atomic mass is 16.5. The lowest BCUT2D eigenvalue weighted by molar-refractivity contribution is -0.148. The molecule has 0 aliphatic carbocycles. The highest BCUT2D eigenvalue weighted by Crippen LogP contribution is 2.20. The van der Waals surface area contributed by atoms with Crippen molar-refractivity contribution in [1.82, 2.24) is 4.90 Å². The number of hydrogen-bond acceptors (Lipinski definition) is 4. The number of ketones is 1. The molecule has 1 fully saturated rings. The molecular weight excluding hydrogens is 158 g/mol. The van der Waals surface area contributed by atoms with Crippen molar-refractivity contribution in [2.24, 2.45) is 5.92 Å². The summed E-state index contributed by atoms with van der Waals surface area (Å²) in [6.45, 7) is 2.20. The minimum absolute atomic E-state index is 0.0371. The van der Waals surface area contributed by atoms with E-state index in [1.807, 2.05) is 18.9 Å². The van der Waals surface area contributed by atoms with Gasteiger partial charge in [-0.05, 0) is 14.0 Å². The fraction of sp³-hybridized carbons (Fsp3) is 0.750. The number of likely N-dealkylation sites (N-methyl/N-ethyl adjacent to an activating group) is 1. The van der Waals surface area contributed by atoms with Gasteiger partial charge in [-0.25, -0.2) is 0 Å². The zero-order chi connectivity index (χ0) is 9.30. The van der Waals surface area contributed by atoms with Gasteiger partial charge in [0.25, 0.3) is 0 Å². The molecule has 68 valence electrons. The predicted octanol–water partition coefficient (Wildman–Crippen LogP) is -0.321. The highest BCUT2D eigenvalue weighted by Gasteiger charge is 2.41. The molecule has 2 atom stereocenters. The smallest absolute Gasteiger partial charge is 0.317 e. The number of hydrogen-bond donors (Lipinski definition) is 0. The minimum atomic E-state index is -0.583. The van der Waals surface area contributed by atoms with E-state index in [2.05, 4.69) is 4.74 Å². The van der Waals surface area contributed by atoms with Gasteiger partial charge in [0.15, 0.2) is 5.78 Å². The molecule has 1 rings (SSSR count). The van der Waals surface area contributed by atoms with E-state index in [1.54, 1.807) is 0 Å². The Bertz CT molecular complexity index is 206. The number of rotatable bonds is 1. The molecule has 0 aromatic heterocycles. The molecule has 1 aliphatic rings. The number of likely N-dealkylation sites (tertiary alicyclic amines) is 1. The Kier molecular flexibility index (Phi) is 2.47. The molecule has 0 amide bonds. The second kappa shape index (κ2) is 3.23. The lowest BCUT2D eigenvalue weighted by atomic mass is 10.0. The molecule has 0 radical (unpaired) electrons. The molecule has 4 heteroatoms. The van der Waals surface area contributed by atoms with Gasteiger partial charge in [-0.15, -0.1) is 0 Å². The number of methoxy groups -OCH3 is 1. The van der Waals surface area contributed by atoms with E-state index in [-0.39, 0.29) is 11.8 Å². The fourth-order valence-corrected chi connectivity index (χ4v) is 1.47. The van der Waals surface area contributed by atoms with Crippen LogP contribution in [0.5, 0.6) is 0 Å². The SMILES string of the molecule is COC(=O)C1C(=O)CN(C)C1C. The molecular formula is C8H13NO3. The van der Waals surface area contributed by atoms with Gasteiger partial charge in [-0.2, -0.15) is 0 Å². The first-order chi connectivity index (χ1) is 5.57. The quantitative estimate of drug-likeness (QED) is 0.400. The van der Waals surface area contributed by atoms with Crippen LogP contribution in [0.4, 0.5) is 0 Å². The van der Waals surface area contributed by atoms with Gasteiger partial charge in [0.1, 0.15) is 5.92 Å². The summed E-state index contributed by atoms with van der Waals surface area (Å²) in [5.74, 6) is -1.05. The monoisotopic (exact) mass is 171 g/mol. The number of esters is 1. The van der Waals surface area contributed by atoms with Crippen molar-refractivity contribution in [2.45, 2.75) is 13.0 Å². The van der Waals surface area contributed by atoms with E-state index in [0.717, 1.165) is 0 Å². The minimum Gasteiger partial charge on any atom is -0.468 e. The van der Waals surface area contributed by atoms with Crippen molar-refractivity contribution in [3.8, 4) is 0 Å². The third-order valence-electron chi connectivity index (χ3n) is 2.38. The van der Waals surface area contributed by atoms with Crippen molar-refractivity contribution >= 4 is 11.8 Å². The first-order valence-electron chi connectivity index (χ1n) is 3.88. The van der Waals surface area contributed by atoms with Crippen LogP contribution in [0.1, 0.15) is 6.92 Å². The predicted molar refractivity (Wildman–Crippen MR) is 42.6 cm³/mol. The van der Waals surface area contributed by atoms with Crippen LogP contribution >= 0.6 is 0 Å². The van der Waals surface area contributed by atoms with Crippen LogP contribution in [0, 0.1) is 5.92 Å². The van der Waals surface area contributed by atoms with Gasteiger partial charge >= 0.3 is 5.97 Å². The topological polar surface area (TPSA) is 46.6 Å². The highest BCUT2D eigenvalue weighted by molar-refractivity contribution is 6.02. The van der Waals surface area contributed by atoms with Gasteiger partial charge in [0.2, 0.25) is 0 Å². The zero-order valence-electron chi connectivity index (χ0n) is 7.53. The Morgan fingerprint density at radius 2 is 2.25 bits per heavy atom. The summed E-state index contributed by atoms with van der Waals surface area (Å²) in [4.78, 5) is 24.2. The van der Waals surface area contributed by atoms with Gasteiger partial charge in [0.05, 0.1) is 13.7 Å². The zero-order valence-corrected chi connectivity index (χ0v) is 7.53. The molecule has 0 N–H and O–H groups in total. The standard InChI is InChI=1S/C8H13NO3/c1-5-7(8(11)12-3)6(10)4-9(5)2/h5,7H,4H2,1-3H3. The van der Waals surface area contributed by atoms with Crippen LogP contribution in [0.3, 0.4) is 0 Å². The van der Waals surface area contributed by atoms with Crippen molar-refractivity contribution in [3.05, 3.63) is 0 Å². The van der Waals surface area contributed by atoms with E-state index in [4.69, 9.17) is 0 Å². The number of Topliss-reactive ketones (excluding diaryl/α,β-unsaturated/α-hetero) is 1. The summed E-state index contributed by atoms with van der Waals surface area (Å²) in [6.07, 6.45) is 0. The van der Waals surface area contributed by atoms with Gasteiger partial charge in [-0.1, -0.05) is 0 Å². The number of carbonyl (C=O) groups excluding carboxylic acids is 2. The van der Waals surface area contributed by atoms with E-state index >= 15 is 0 Å². The van der Waals surface area contributed by atoms with E-state index < -0.39 is 11.9 Å². The van der Waals surface area contributed by atoms with Crippen LogP contribution in [0.15, 0.2) is 0 Å². The Balaban J connectivity index is 2.76. The second-order valence-corrected chi connectivity index (χ2v) is 3.12. The van der Waals surface area contributed by atoms with Gasteiger partial charge < -0.3 is 4.74 Å². The lowest BCUT2D eigenvalue weighted by Crippen LogP contribution is -2.32. The van der Waals surface area contributed by atoms with Crippen molar-refractivity contribution in [3.63, 3.8) is 0 Å². The first kappa shape index (κ1) is 9.19. The summed E-state index contributed by atoms with van der Waals surface area (Å²) in [5, 5.41) is 0. The van der Waals surface area contributed by atoms with Crippen molar-refractivity contribution < 1.29 is 14.3 Å². The molecule has 2 unspecified atom stereocenters. The lowest BCUT2D eigenvalue weighted by Gasteiger charge is -2.16. The molecule has 4 nitrogen and oxygen atoms in total. The molecule has 0 aromatic rings. The van der Waals surface area contributed by atoms with E-state index in [1.165, 1.54) is 7.11 Å². The molecule has 1 saturated heterocycles. The Labute approximate surface area is 71.5 Å². The molecule has 0 spiro atoms. The summed E-state index contributed by atoms with van der Waals surface area (Å²) >= 11 is 0. The largest absolute Gasteiger partial charge is 0.468 e. The van der Waals surface area contributed by atoms with Crippen molar-refractivity contribution in [1.29, 1.82) is 0 Å². The molecule has 1 aliphatic heterocycles. The Hall–Kier alpha value is -0.900. The molecule has 1 heterocycles. The third kappa shape index (κ3) is 1.34. The summed E-state index contributed by atoms with van der Waals surface area (Å²) in [5.41, 5.74) is 0. The maximum atomic E-state index is 11.3. The average molecular weight is 171 g/mol. The van der Waals surface area contributed by atoms with Gasteiger partial charge in [0, 0.05) is 6.04 Å². The molecule has 0 bridgehead atoms. The Morgan fingerprint density at radius 1 is 1.67 bits per heavy atom. The Morgan fingerprint density at radius 3 is 2.58 bits per heavy atom.